The van der Waals surface area contributed by atoms with Crippen LogP contribution in [0.2, 0.25) is 0 Å². The zero-order valence-corrected chi connectivity index (χ0v) is 21.7. The molecular formula is C22H27BrCl2N4O2S. The van der Waals surface area contributed by atoms with Crippen molar-refractivity contribution in [2.75, 3.05) is 17.7 Å². The van der Waals surface area contributed by atoms with E-state index in [9.17, 15) is 8.42 Å². The van der Waals surface area contributed by atoms with Gasteiger partial charge in [-0.05, 0) is 42.2 Å². The summed E-state index contributed by atoms with van der Waals surface area (Å²) in [6, 6.07) is 16.2. The topological polar surface area (TPSA) is 69.3 Å². The molecule has 2 heterocycles. The minimum absolute atomic E-state index is 0. The monoisotopic (exact) mass is 560 g/mol. The third-order valence-electron chi connectivity index (χ3n) is 5.50. The van der Waals surface area contributed by atoms with E-state index in [4.69, 9.17) is 0 Å². The number of halogens is 3. The standard InChI is InChI=1S/C22H25BrN4O2S.2ClH/c1-30(28,29)27-13-18-11-19(23)8-10-22(18)26(14-20-12-24-16-25-20)15-21(27)9-7-17-5-3-2-4-6-17;;/h2-6,8,10-12,16,21H,7,9,13-15H2,1H3,(H,24,25);2*1H. The fraction of sp³-hybridized carbons (Fsp3) is 0.318. The van der Waals surface area contributed by atoms with Crippen LogP contribution in [0.15, 0.2) is 65.5 Å². The summed E-state index contributed by atoms with van der Waals surface area (Å²) >= 11 is 3.54. The maximum absolute atomic E-state index is 12.8. The molecule has 0 radical (unpaired) electrons. The third-order valence-corrected chi connectivity index (χ3v) is 7.27. The molecule has 1 atom stereocenters. The fourth-order valence-corrected chi connectivity index (χ4v) is 5.55. The minimum Gasteiger partial charge on any atom is -0.364 e. The molecule has 1 unspecified atom stereocenters. The Morgan fingerprint density at radius 1 is 1.16 bits per heavy atom. The zero-order valence-electron chi connectivity index (χ0n) is 17.6. The van der Waals surface area contributed by atoms with E-state index in [0.29, 0.717) is 19.6 Å². The molecule has 1 N–H and O–H groups in total. The van der Waals surface area contributed by atoms with E-state index in [0.717, 1.165) is 34.3 Å². The summed E-state index contributed by atoms with van der Waals surface area (Å²) in [5, 5.41) is 0. The lowest BCUT2D eigenvalue weighted by atomic mass is 10.0. The maximum atomic E-state index is 12.8. The Kier molecular flexibility index (Phi) is 9.60. The number of benzene rings is 2. The number of nitrogens with zero attached hydrogens (tertiary/aromatic N) is 3. The van der Waals surface area contributed by atoms with Crippen LogP contribution in [-0.4, -0.2) is 41.5 Å². The van der Waals surface area contributed by atoms with E-state index in [2.05, 4.69) is 49.0 Å². The predicted octanol–water partition coefficient (Wildman–Crippen LogP) is 4.80. The molecule has 1 aliphatic rings. The van der Waals surface area contributed by atoms with Crippen molar-refractivity contribution >= 4 is 56.5 Å². The Bertz CT molecular complexity index is 1100. The minimum atomic E-state index is -3.37. The van der Waals surface area contributed by atoms with Crippen molar-refractivity contribution in [2.24, 2.45) is 0 Å². The molecule has 4 rings (SSSR count). The van der Waals surface area contributed by atoms with Crippen LogP contribution >= 0.6 is 40.7 Å². The van der Waals surface area contributed by atoms with E-state index >= 15 is 0 Å². The molecule has 0 fully saturated rings. The van der Waals surface area contributed by atoms with Crippen molar-refractivity contribution in [3.63, 3.8) is 0 Å². The number of imidazole rings is 1. The zero-order chi connectivity index (χ0) is 21.1. The molecule has 1 aliphatic heterocycles. The number of aromatic amines is 1. The van der Waals surface area contributed by atoms with Gasteiger partial charge in [-0.25, -0.2) is 13.4 Å². The van der Waals surface area contributed by atoms with Crippen LogP contribution in [0.1, 0.15) is 23.2 Å². The molecule has 10 heteroatoms. The van der Waals surface area contributed by atoms with Gasteiger partial charge in [0, 0.05) is 35.5 Å². The van der Waals surface area contributed by atoms with E-state index in [1.165, 1.54) is 11.8 Å². The number of fused-ring (bicyclic) bond motifs is 1. The van der Waals surface area contributed by atoms with Crippen molar-refractivity contribution in [1.29, 1.82) is 0 Å². The Morgan fingerprint density at radius 2 is 1.91 bits per heavy atom. The van der Waals surface area contributed by atoms with Crippen LogP contribution in [0.3, 0.4) is 0 Å². The number of sulfonamides is 1. The lowest BCUT2D eigenvalue weighted by molar-refractivity contribution is 0.307. The van der Waals surface area contributed by atoms with Gasteiger partial charge in [0.05, 0.1) is 24.8 Å². The van der Waals surface area contributed by atoms with E-state index in [1.54, 1.807) is 10.6 Å². The summed E-state index contributed by atoms with van der Waals surface area (Å²) in [6.07, 6.45) is 6.38. The molecule has 0 spiro atoms. The summed E-state index contributed by atoms with van der Waals surface area (Å²) in [4.78, 5) is 9.56. The average Bonchev–Trinajstić information content (AvgIpc) is 3.16. The Labute approximate surface area is 210 Å². The molecular weight excluding hydrogens is 535 g/mol. The second kappa shape index (κ2) is 11.5. The normalized spacial score (nSPS) is 16.4. The van der Waals surface area contributed by atoms with Crippen LogP contribution in [0, 0.1) is 0 Å². The average molecular weight is 562 g/mol. The van der Waals surface area contributed by atoms with Gasteiger partial charge in [0.25, 0.3) is 0 Å². The fourth-order valence-electron chi connectivity index (χ4n) is 4.06. The Balaban J connectivity index is 0.00000181. The third kappa shape index (κ3) is 6.48. The number of aryl methyl sites for hydroxylation is 1. The molecule has 32 heavy (non-hydrogen) atoms. The van der Waals surface area contributed by atoms with Crippen LogP contribution in [0.5, 0.6) is 0 Å². The van der Waals surface area contributed by atoms with Gasteiger partial charge in [-0.3, -0.25) is 0 Å². The second-order valence-electron chi connectivity index (χ2n) is 7.72. The maximum Gasteiger partial charge on any atom is 0.211 e. The summed E-state index contributed by atoms with van der Waals surface area (Å²) in [5.74, 6) is 0. The molecule has 2 aromatic carbocycles. The lowest BCUT2D eigenvalue weighted by Crippen LogP contribution is -2.44. The highest BCUT2D eigenvalue weighted by molar-refractivity contribution is 9.10. The van der Waals surface area contributed by atoms with Crippen LogP contribution < -0.4 is 4.90 Å². The van der Waals surface area contributed by atoms with Gasteiger partial charge >= 0.3 is 0 Å². The number of hydrogen-bond donors (Lipinski definition) is 1. The smallest absolute Gasteiger partial charge is 0.211 e. The number of aromatic nitrogens is 2. The highest BCUT2D eigenvalue weighted by Gasteiger charge is 2.33. The van der Waals surface area contributed by atoms with E-state index in [-0.39, 0.29) is 30.9 Å². The number of H-pyrrole nitrogens is 1. The van der Waals surface area contributed by atoms with Crippen LogP contribution in [0.4, 0.5) is 5.69 Å². The van der Waals surface area contributed by atoms with Crippen LogP contribution in [0.25, 0.3) is 0 Å². The first-order valence-electron chi connectivity index (χ1n) is 9.91. The van der Waals surface area contributed by atoms with Crippen molar-refractivity contribution in [3.8, 4) is 0 Å². The van der Waals surface area contributed by atoms with Crippen LogP contribution in [-0.2, 0) is 29.5 Å². The lowest BCUT2D eigenvalue weighted by Gasteiger charge is -2.31. The number of nitrogens with one attached hydrogen (secondary N) is 1. The van der Waals surface area contributed by atoms with Gasteiger partial charge < -0.3 is 9.88 Å². The van der Waals surface area contributed by atoms with Gasteiger partial charge in [-0.2, -0.15) is 4.31 Å². The predicted molar refractivity (Wildman–Crippen MR) is 137 cm³/mol. The van der Waals surface area contributed by atoms with Gasteiger partial charge in [0.1, 0.15) is 0 Å². The van der Waals surface area contributed by atoms with Gasteiger partial charge in [-0.15, -0.1) is 24.8 Å². The number of rotatable bonds is 6. The quantitative estimate of drug-likeness (QED) is 0.469. The summed E-state index contributed by atoms with van der Waals surface area (Å²) in [7, 11) is -3.37. The molecule has 3 aromatic rings. The largest absolute Gasteiger partial charge is 0.364 e. The molecule has 0 saturated heterocycles. The Morgan fingerprint density at radius 3 is 2.56 bits per heavy atom. The highest BCUT2D eigenvalue weighted by atomic mass is 79.9. The van der Waals surface area contributed by atoms with Gasteiger partial charge in [0.2, 0.25) is 10.0 Å². The molecule has 174 valence electrons. The van der Waals surface area contributed by atoms with E-state index in [1.807, 2.05) is 36.5 Å². The SMILES string of the molecule is CS(=O)(=O)N1Cc2cc(Br)ccc2N(Cc2cnc[nH]2)CC1CCc1ccccc1.Cl.Cl. The van der Waals surface area contributed by atoms with Crippen molar-refractivity contribution in [1.82, 2.24) is 14.3 Å². The number of hydrogen-bond acceptors (Lipinski definition) is 4. The summed E-state index contributed by atoms with van der Waals surface area (Å²) in [5.41, 5.74) is 4.27. The molecule has 0 saturated carbocycles. The first-order chi connectivity index (χ1) is 14.4. The summed E-state index contributed by atoms with van der Waals surface area (Å²) in [6.45, 7) is 1.63. The van der Waals surface area contributed by atoms with Gasteiger partial charge in [-0.1, -0.05) is 46.3 Å². The van der Waals surface area contributed by atoms with Gasteiger partial charge in [0.15, 0.2) is 0 Å². The van der Waals surface area contributed by atoms with Crippen molar-refractivity contribution in [3.05, 3.63) is 82.3 Å². The Hall–Kier alpha value is -1.58. The first-order valence-corrected chi connectivity index (χ1v) is 12.6. The second-order valence-corrected chi connectivity index (χ2v) is 10.6. The van der Waals surface area contributed by atoms with Crippen molar-refractivity contribution < 1.29 is 8.42 Å². The molecule has 0 amide bonds. The molecule has 0 bridgehead atoms. The summed E-state index contributed by atoms with van der Waals surface area (Å²) < 4.78 is 28.1. The number of anilines is 1. The van der Waals surface area contributed by atoms with Crippen molar-refractivity contribution in [2.45, 2.75) is 32.0 Å². The molecule has 6 nitrogen and oxygen atoms in total. The molecule has 0 aliphatic carbocycles. The highest BCUT2D eigenvalue weighted by Crippen LogP contribution is 2.33. The van der Waals surface area contributed by atoms with E-state index < -0.39 is 10.0 Å². The molecule has 1 aromatic heterocycles. The first kappa shape index (κ1) is 26.7.